The second kappa shape index (κ2) is 5.92. The number of para-hydroxylation sites is 1. The highest BCUT2D eigenvalue weighted by Gasteiger charge is 2.29. The number of hydrogen-bond acceptors (Lipinski definition) is 4. The van der Waals surface area contributed by atoms with Crippen molar-refractivity contribution in [2.45, 2.75) is 25.8 Å². The van der Waals surface area contributed by atoms with Crippen molar-refractivity contribution >= 4 is 17.6 Å². The number of benzene rings is 1. The molecule has 0 unspecified atom stereocenters. The highest BCUT2D eigenvalue weighted by molar-refractivity contribution is 6.01. The summed E-state index contributed by atoms with van der Waals surface area (Å²) in [5.41, 5.74) is 6.40. The molecule has 1 aliphatic rings. The van der Waals surface area contributed by atoms with Crippen LogP contribution in [0.5, 0.6) is 5.75 Å². The van der Waals surface area contributed by atoms with Crippen LogP contribution in [0.15, 0.2) is 18.2 Å². The van der Waals surface area contributed by atoms with E-state index in [0.29, 0.717) is 18.7 Å². The Balaban J connectivity index is 2.36. The number of anilines is 1. The summed E-state index contributed by atoms with van der Waals surface area (Å²) < 4.78 is 5.42. The summed E-state index contributed by atoms with van der Waals surface area (Å²) in [6.07, 6.45) is 1.42. The van der Waals surface area contributed by atoms with Crippen molar-refractivity contribution in [1.29, 1.82) is 0 Å². The van der Waals surface area contributed by atoms with Gasteiger partial charge in [-0.2, -0.15) is 0 Å². The summed E-state index contributed by atoms with van der Waals surface area (Å²) in [4.78, 5) is 25.0. The number of hydrogen-bond donors (Lipinski definition) is 2. The van der Waals surface area contributed by atoms with Crippen LogP contribution < -0.4 is 15.4 Å². The minimum Gasteiger partial charge on any atom is -0.489 e. The monoisotopic (exact) mass is 278 g/mol. The summed E-state index contributed by atoms with van der Waals surface area (Å²) in [6, 6.07) is 4.17. The number of amides is 1. The lowest BCUT2D eigenvalue weighted by molar-refractivity contribution is -0.120. The Morgan fingerprint density at radius 2 is 2.25 bits per heavy atom. The van der Waals surface area contributed by atoms with Crippen LogP contribution in [0.2, 0.25) is 0 Å². The van der Waals surface area contributed by atoms with E-state index in [1.54, 1.807) is 12.1 Å². The lowest BCUT2D eigenvalue weighted by Crippen LogP contribution is -2.47. The number of carbonyl (C=O) groups is 2. The second-order valence-electron chi connectivity index (χ2n) is 4.69. The van der Waals surface area contributed by atoms with Gasteiger partial charge < -0.3 is 20.5 Å². The van der Waals surface area contributed by atoms with Crippen LogP contribution in [-0.4, -0.2) is 36.2 Å². The van der Waals surface area contributed by atoms with Gasteiger partial charge >= 0.3 is 5.97 Å². The van der Waals surface area contributed by atoms with Gasteiger partial charge in [0.15, 0.2) is 5.75 Å². The molecule has 1 amide bonds. The molecule has 0 saturated carbocycles. The predicted molar refractivity (Wildman–Crippen MR) is 74.1 cm³/mol. The molecule has 3 N–H and O–H groups in total. The smallest absolute Gasteiger partial charge is 0.339 e. The molecule has 1 aromatic carbocycles. The number of aromatic carboxylic acids is 1. The molecule has 1 heterocycles. The van der Waals surface area contributed by atoms with Crippen LogP contribution in [0.4, 0.5) is 5.69 Å². The van der Waals surface area contributed by atoms with Crippen LogP contribution >= 0.6 is 0 Å². The molecule has 1 aliphatic heterocycles. The number of nitrogens with zero attached hydrogens (tertiary/aromatic N) is 1. The summed E-state index contributed by atoms with van der Waals surface area (Å²) in [5.74, 6) is -1.03. The maximum Gasteiger partial charge on any atom is 0.339 e. The van der Waals surface area contributed by atoms with E-state index in [1.165, 1.54) is 11.0 Å². The second-order valence-corrected chi connectivity index (χ2v) is 4.69. The first-order chi connectivity index (χ1) is 9.56. The minimum absolute atomic E-state index is 0.0593. The average molecular weight is 278 g/mol. The molecule has 20 heavy (non-hydrogen) atoms. The largest absolute Gasteiger partial charge is 0.489 e. The summed E-state index contributed by atoms with van der Waals surface area (Å²) >= 11 is 0. The Hall–Kier alpha value is -2.08. The van der Waals surface area contributed by atoms with E-state index < -0.39 is 12.0 Å². The van der Waals surface area contributed by atoms with Gasteiger partial charge in [-0.1, -0.05) is 19.4 Å². The summed E-state index contributed by atoms with van der Waals surface area (Å²) in [5, 5.41) is 9.15. The molecular formula is C14H18N2O4. The van der Waals surface area contributed by atoms with Gasteiger partial charge in [0, 0.05) is 0 Å². The maximum atomic E-state index is 12.3. The average Bonchev–Trinajstić information content (AvgIpc) is 2.45. The van der Waals surface area contributed by atoms with E-state index in [0.717, 1.165) is 6.42 Å². The molecule has 0 aromatic heterocycles. The van der Waals surface area contributed by atoms with Gasteiger partial charge in [-0.3, -0.25) is 4.79 Å². The number of carbonyl (C=O) groups excluding carboxylic acids is 1. The first-order valence-corrected chi connectivity index (χ1v) is 6.62. The summed E-state index contributed by atoms with van der Waals surface area (Å²) in [6.45, 7) is 2.61. The van der Waals surface area contributed by atoms with Crippen molar-refractivity contribution in [3.05, 3.63) is 23.8 Å². The molecule has 1 aromatic rings. The van der Waals surface area contributed by atoms with Crippen LogP contribution in [0.25, 0.3) is 0 Å². The first kappa shape index (κ1) is 14.3. The van der Waals surface area contributed by atoms with Crippen molar-refractivity contribution in [1.82, 2.24) is 0 Å². The Kier molecular flexibility index (Phi) is 4.24. The number of fused-ring (bicyclic) bond motifs is 1. The van der Waals surface area contributed by atoms with Gasteiger partial charge in [-0.15, -0.1) is 0 Å². The topological polar surface area (TPSA) is 92.9 Å². The highest BCUT2D eigenvalue weighted by Crippen LogP contribution is 2.35. The molecule has 108 valence electrons. The van der Waals surface area contributed by atoms with E-state index in [4.69, 9.17) is 15.6 Å². The lowest BCUT2D eigenvalue weighted by atomic mass is 10.1. The van der Waals surface area contributed by atoms with Gasteiger partial charge in [-0.25, -0.2) is 4.79 Å². The molecule has 0 bridgehead atoms. The Morgan fingerprint density at radius 1 is 1.50 bits per heavy atom. The lowest BCUT2D eigenvalue weighted by Gasteiger charge is -2.31. The minimum atomic E-state index is -1.07. The van der Waals surface area contributed by atoms with E-state index in [2.05, 4.69) is 0 Å². The number of nitrogens with two attached hydrogens (primary N) is 1. The quantitative estimate of drug-likeness (QED) is 0.864. The predicted octanol–water partition coefficient (Wildman–Crippen LogP) is 1.24. The standard InChI is InChI=1S/C14H18N2O4/c1-2-4-10(15)13(17)16-7-8-20-12-9(14(18)19)5-3-6-11(12)16/h3,5-6,10H,2,4,7-8,15H2,1H3,(H,18,19)/t10-/m0/s1. The SMILES string of the molecule is CCC[C@H](N)C(=O)N1CCOc2c(C(=O)O)cccc21. The Bertz CT molecular complexity index is 530. The third kappa shape index (κ3) is 2.60. The van der Waals surface area contributed by atoms with Crippen LogP contribution in [-0.2, 0) is 4.79 Å². The first-order valence-electron chi connectivity index (χ1n) is 6.62. The molecule has 0 radical (unpaired) electrons. The molecule has 0 fully saturated rings. The van der Waals surface area contributed by atoms with Crippen molar-refractivity contribution in [2.75, 3.05) is 18.1 Å². The van der Waals surface area contributed by atoms with Crippen LogP contribution in [0, 0.1) is 0 Å². The number of carboxylic acid groups (broad SMARTS) is 1. The molecule has 1 atom stereocenters. The van der Waals surface area contributed by atoms with Crippen molar-refractivity contribution in [2.24, 2.45) is 5.73 Å². The fraction of sp³-hybridized carbons (Fsp3) is 0.429. The van der Waals surface area contributed by atoms with Gasteiger partial charge in [0.25, 0.3) is 0 Å². The van der Waals surface area contributed by atoms with Crippen molar-refractivity contribution in [3.8, 4) is 5.75 Å². The van der Waals surface area contributed by atoms with Gasteiger partial charge in [0.1, 0.15) is 12.2 Å². The van der Waals surface area contributed by atoms with Crippen LogP contribution in [0.3, 0.4) is 0 Å². The van der Waals surface area contributed by atoms with E-state index in [9.17, 15) is 9.59 Å². The van der Waals surface area contributed by atoms with E-state index in [1.807, 2.05) is 6.92 Å². The Labute approximate surface area is 117 Å². The zero-order valence-electron chi connectivity index (χ0n) is 11.3. The maximum absolute atomic E-state index is 12.3. The third-order valence-corrected chi connectivity index (χ3v) is 3.26. The molecule has 0 aliphatic carbocycles. The number of carboxylic acids is 1. The van der Waals surface area contributed by atoms with Gasteiger partial charge in [0.2, 0.25) is 5.91 Å². The van der Waals surface area contributed by atoms with Gasteiger partial charge in [-0.05, 0) is 18.6 Å². The van der Waals surface area contributed by atoms with E-state index in [-0.39, 0.29) is 23.8 Å². The molecule has 2 rings (SSSR count). The highest BCUT2D eigenvalue weighted by atomic mass is 16.5. The summed E-state index contributed by atoms with van der Waals surface area (Å²) in [7, 11) is 0. The number of ether oxygens (including phenoxy) is 1. The molecule has 0 saturated heterocycles. The molecule has 0 spiro atoms. The van der Waals surface area contributed by atoms with Gasteiger partial charge in [0.05, 0.1) is 18.3 Å². The number of rotatable bonds is 4. The van der Waals surface area contributed by atoms with E-state index >= 15 is 0 Å². The fourth-order valence-electron chi connectivity index (χ4n) is 2.28. The third-order valence-electron chi connectivity index (χ3n) is 3.26. The van der Waals surface area contributed by atoms with Crippen molar-refractivity contribution < 1.29 is 19.4 Å². The molecule has 6 heteroatoms. The normalized spacial score (nSPS) is 15.2. The van der Waals surface area contributed by atoms with Crippen molar-refractivity contribution in [3.63, 3.8) is 0 Å². The molecular weight excluding hydrogens is 260 g/mol. The fourth-order valence-corrected chi connectivity index (χ4v) is 2.28. The Morgan fingerprint density at radius 3 is 2.90 bits per heavy atom. The molecule has 6 nitrogen and oxygen atoms in total. The zero-order chi connectivity index (χ0) is 14.7. The van der Waals surface area contributed by atoms with Crippen LogP contribution in [0.1, 0.15) is 30.1 Å². The zero-order valence-corrected chi connectivity index (χ0v) is 11.3.